The fourth-order valence-electron chi connectivity index (χ4n) is 3.08. The lowest BCUT2D eigenvalue weighted by Gasteiger charge is -2.38. The summed E-state index contributed by atoms with van der Waals surface area (Å²) in [6.45, 7) is 1.67. The lowest BCUT2D eigenvalue weighted by molar-refractivity contribution is 0.575. The SMILES string of the molecule is Cn1ccc2c(=O)[nH]c(N3CCN(c4cnccn4)CC3C#N)nc21. The second-order valence-corrected chi connectivity index (χ2v) is 5.90. The van der Waals surface area contributed by atoms with Gasteiger partial charge in [0.1, 0.15) is 17.5 Å². The van der Waals surface area contributed by atoms with Crippen molar-refractivity contribution in [1.82, 2.24) is 24.5 Å². The van der Waals surface area contributed by atoms with Crippen LogP contribution in [0, 0.1) is 11.3 Å². The van der Waals surface area contributed by atoms with Gasteiger partial charge in [-0.25, -0.2) is 4.98 Å². The molecule has 25 heavy (non-hydrogen) atoms. The largest absolute Gasteiger partial charge is 0.350 e. The van der Waals surface area contributed by atoms with E-state index in [9.17, 15) is 10.1 Å². The number of nitrogens with zero attached hydrogens (tertiary/aromatic N) is 7. The van der Waals surface area contributed by atoms with Gasteiger partial charge in [-0.05, 0) is 6.07 Å². The van der Waals surface area contributed by atoms with E-state index < -0.39 is 6.04 Å². The minimum atomic E-state index is -0.448. The summed E-state index contributed by atoms with van der Waals surface area (Å²) in [6, 6.07) is 3.58. The van der Waals surface area contributed by atoms with Crippen LogP contribution in [0.2, 0.25) is 0 Å². The molecule has 1 aliphatic rings. The number of anilines is 2. The molecule has 1 aliphatic heterocycles. The molecule has 3 aromatic heterocycles. The van der Waals surface area contributed by atoms with Crippen molar-refractivity contribution >= 4 is 22.8 Å². The van der Waals surface area contributed by atoms with E-state index >= 15 is 0 Å². The third-order valence-electron chi connectivity index (χ3n) is 4.40. The number of H-pyrrole nitrogens is 1. The summed E-state index contributed by atoms with van der Waals surface area (Å²) in [6.07, 6.45) is 6.72. The number of piperazine rings is 1. The van der Waals surface area contributed by atoms with E-state index in [-0.39, 0.29) is 5.56 Å². The number of aromatic amines is 1. The van der Waals surface area contributed by atoms with Crippen molar-refractivity contribution in [3.8, 4) is 6.07 Å². The van der Waals surface area contributed by atoms with Crippen LogP contribution in [0.5, 0.6) is 0 Å². The van der Waals surface area contributed by atoms with E-state index in [4.69, 9.17) is 0 Å². The number of fused-ring (bicyclic) bond motifs is 1. The average Bonchev–Trinajstić information content (AvgIpc) is 3.03. The van der Waals surface area contributed by atoms with Gasteiger partial charge in [0, 0.05) is 38.7 Å². The molecular weight excluding hydrogens is 320 g/mol. The number of nitrogens with one attached hydrogen (secondary N) is 1. The Morgan fingerprint density at radius 2 is 2.24 bits per heavy atom. The topological polar surface area (TPSA) is 107 Å². The Balaban J connectivity index is 1.66. The van der Waals surface area contributed by atoms with Crippen LogP contribution in [0.25, 0.3) is 11.0 Å². The van der Waals surface area contributed by atoms with Crippen molar-refractivity contribution in [2.45, 2.75) is 6.04 Å². The van der Waals surface area contributed by atoms with Gasteiger partial charge in [0.25, 0.3) is 5.56 Å². The van der Waals surface area contributed by atoms with Crippen LogP contribution in [0.15, 0.2) is 35.6 Å². The van der Waals surface area contributed by atoms with Crippen LogP contribution in [0.4, 0.5) is 11.8 Å². The van der Waals surface area contributed by atoms with Gasteiger partial charge in [-0.15, -0.1) is 0 Å². The van der Waals surface area contributed by atoms with Gasteiger partial charge >= 0.3 is 0 Å². The predicted octanol–water partition coefficient (Wildman–Crippen LogP) is 0.270. The Kier molecular flexibility index (Phi) is 3.57. The smallest absolute Gasteiger partial charge is 0.261 e. The molecule has 1 atom stereocenters. The molecule has 1 fully saturated rings. The maximum absolute atomic E-state index is 12.3. The second kappa shape index (κ2) is 5.90. The van der Waals surface area contributed by atoms with E-state index in [0.29, 0.717) is 36.6 Å². The van der Waals surface area contributed by atoms with Crippen molar-refractivity contribution in [2.24, 2.45) is 7.05 Å². The molecule has 3 aromatic rings. The first-order valence-electron chi connectivity index (χ1n) is 7.90. The summed E-state index contributed by atoms with van der Waals surface area (Å²) in [7, 11) is 1.84. The van der Waals surface area contributed by atoms with Crippen LogP contribution in [-0.4, -0.2) is 50.2 Å². The molecule has 4 rings (SSSR count). The molecule has 0 aromatic carbocycles. The van der Waals surface area contributed by atoms with E-state index in [1.807, 2.05) is 16.8 Å². The van der Waals surface area contributed by atoms with Gasteiger partial charge in [-0.2, -0.15) is 10.2 Å². The van der Waals surface area contributed by atoms with Crippen molar-refractivity contribution in [1.29, 1.82) is 5.26 Å². The van der Waals surface area contributed by atoms with E-state index in [0.717, 1.165) is 5.82 Å². The molecule has 0 saturated carbocycles. The molecule has 1 unspecified atom stereocenters. The normalized spacial score (nSPS) is 17.7. The van der Waals surface area contributed by atoms with Crippen LogP contribution in [0.1, 0.15) is 0 Å². The van der Waals surface area contributed by atoms with Gasteiger partial charge in [0.2, 0.25) is 5.95 Å². The molecule has 1 saturated heterocycles. The maximum Gasteiger partial charge on any atom is 0.261 e. The van der Waals surface area contributed by atoms with Crippen molar-refractivity contribution < 1.29 is 0 Å². The molecule has 0 aliphatic carbocycles. The minimum absolute atomic E-state index is 0.200. The molecule has 0 amide bonds. The monoisotopic (exact) mass is 336 g/mol. The summed E-state index contributed by atoms with van der Waals surface area (Å²) in [5.74, 6) is 1.16. The van der Waals surface area contributed by atoms with Crippen molar-refractivity contribution in [3.05, 3.63) is 41.2 Å². The fraction of sp³-hybridized carbons (Fsp3) is 0.312. The zero-order valence-electron chi connectivity index (χ0n) is 13.6. The van der Waals surface area contributed by atoms with Crippen LogP contribution in [0.3, 0.4) is 0 Å². The quantitative estimate of drug-likeness (QED) is 0.716. The summed E-state index contributed by atoms with van der Waals surface area (Å²) in [5.41, 5.74) is 0.403. The van der Waals surface area contributed by atoms with E-state index in [1.54, 1.807) is 35.4 Å². The molecule has 9 heteroatoms. The number of hydrogen-bond acceptors (Lipinski definition) is 7. The first-order valence-corrected chi connectivity index (χ1v) is 7.90. The van der Waals surface area contributed by atoms with Gasteiger partial charge < -0.3 is 14.4 Å². The Bertz CT molecular complexity index is 1000. The molecular formula is C16H16N8O. The first-order chi connectivity index (χ1) is 12.2. The number of aromatic nitrogens is 5. The Morgan fingerprint density at radius 1 is 1.36 bits per heavy atom. The zero-order valence-corrected chi connectivity index (χ0v) is 13.6. The second-order valence-electron chi connectivity index (χ2n) is 5.90. The van der Waals surface area contributed by atoms with Gasteiger partial charge in [-0.1, -0.05) is 0 Å². The summed E-state index contributed by atoms with van der Waals surface area (Å²) in [5, 5.41) is 10.1. The fourth-order valence-corrected chi connectivity index (χ4v) is 3.08. The Morgan fingerprint density at radius 3 is 3.00 bits per heavy atom. The minimum Gasteiger partial charge on any atom is -0.350 e. The molecule has 9 nitrogen and oxygen atoms in total. The molecule has 0 bridgehead atoms. The standard InChI is InChI=1S/C16H16N8O/c1-22-5-2-12-14(22)20-16(21-15(12)25)24-7-6-23(10-11(24)8-17)13-9-18-3-4-19-13/h2-5,9,11H,6-7,10H2,1H3,(H,20,21,25). The molecule has 0 spiro atoms. The number of hydrogen-bond donors (Lipinski definition) is 1. The summed E-state index contributed by atoms with van der Waals surface area (Å²) in [4.78, 5) is 31.8. The molecule has 4 heterocycles. The predicted molar refractivity (Wildman–Crippen MR) is 92.3 cm³/mol. The number of aryl methyl sites for hydroxylation is 1. The third-order valence-corrected chi connectivity index (χ3v) is 4.40. The van der Waals surface area contributed by atoms with Crippen LogP contribution in [-0.2, 0) is 7.05 Å². The highest BCUT2D eigenvalue weighted by Gasteiger charge is 2.29. The molecule has 126 valence electrons. The lowest BCUT2D eigenvalue weighted by Crippen LogP contribution is -2.54. The Hall–Kier alpha value is -3.41. The highest BCUT2D eigenvalue weighted by atomic mass is 16.1. The van der Waals surface area contributed by atoms with E-state index in [2.05, 4.69) is 26.0 Å². The van der Waals surface area contributed by atoms with Crippen LogP contribution >= 0.6 is 0 Å². The average molecular weight is 336 g/mol. The van der Waals surface area contributed by atoms with Gasteiger partial charge in [0.05, 0.1) is 24.2 Å². The van der Waals surface area contributed by atoms with Gasteiger partial charge in [-0.3, -0.25) is 14.8 Å². The lowest BCUT2D eigenvalue weighted by atomic mass is 10.2. The van der Waals surface area contributed by atoms with Crippen LogP contribution < -0.4 is 15.4 Å². The highest BCUT2D eigenvalue weighted by molar-refractivity contribution is 5.76. The number of nitriles is 1. The number of rotatable bonds is 2. The summed E-state index contributed by atoms with van der Waals surface area (Å²) < 4.78 is 1.80. The maximum atomic E-state index is 12.3. The third kappa shape index (κ3) is 2.57. The zero-order chi connectivity index (χ0) is 17.4. The van der Waals surface area contributed by atoms with Crippen molar-refractivity contribution in [2.75, 3.05) is 29.4 Å². The van der Waals surface area contributed by atoms with Gasteiger partial charge in [0.15, 0.2) is 0 Å². The molecule has 0 radical (unpaired) electrons. The first kappa shape index (κ1) is 15.1. The highest BCUT2D eigenvalue weighted by Crippen LogP contribution is 2.20. The summed E-state index contributed by atoms with van der Waals surface area (Å²) >= 11 is 0. The van der Waals surface area contributed by atoms with E-state index in [1.165, 1.54) is 0 Å². The molecule has 1 N–H and O–H groups in total. The van der Waals surface area contributed by atoms with Crippen molar-refractivity contribution in [3.63, 3.8) is 0 Å². The Labute approximate surface area is 143 Å².